The van der Waals surface area contributed by atoms with Crippen molar-refractivity contribution >= 4 is 40.1 Å². The molecule has 1 fully saturated rings. The highest BCUT2D eigenvalue weighted by Gasteiger charge is 2.42. The fraction of sp³-hybridized carbons (Fsp3) is 0.607. The first kappa shape index (κ1) is 36.3. The Kier molecular flexibility index (Phi) is 13.8. The van der Waals surface area contributed by atoms with Gasteiger partial charge in [0.15, 0.2) is 0 Å². The molecule has 1 aromatic carbocycles. The molecule has 4 amide bonds. The molecule has 0 aliphatic carbocycles. The molecule has 5 N–H and O–H groups in total. The van der Waals surface area contributed by atoms with Gasteiger partial charge < -0.3 is 35.5 Å². The molecule has 0 spiro atoms. The number of amides is 4. The van der Waals surface area contributed by atoms with Crippen LogP contribution in [0.1, 0.15) is 52.5 Å². The summed E-state index contributed by atoms with van der Waals surface area (Å²) < 4.78 is 50.1. The van der Waals surface area contributed by atoms with Crippen molar-refractivity contribution in [1.82, 2.24) is 21.3 Å². The third-order valence-corrected chi connectivity index (χ3v) is 7.81. The van der Waals surface area contributed by atoms with Crippen LogP contribution in [0.3, 0.4) is 0 Å². The molecule has 2 unspecified atom stereocenters. The molecular formula is C28H42N4O11S. The first-order chi connectivity index (χ1) is 20.6. The Labute approximate surface area is 256 Å². The molecule has 0 bridgehead atoms. The predicted molar refractivity (Wildman–Crippen MR) is 156 cm³/mol. The summed E-state index contributed by atoms with van der Waals surface area (Å²) in [5, 5.41) is 9.72. The molecule has 1 aromatic rings. The van der Waals surface area contributed by atoms with Gasteiger partial charge in [0.2, 0.25) is 17.3 Å². The van der Waals surface area contributed by atoms with E-state index in [2.05, 4.69) is 26.0 Å². The molecule has 1 heterocycles. The van der Waals surface area contributed by atoms with Crippen molar-refractivity contribution in [2.75, 3.05) is 13.7 Å². The number of ether oxygens (including phenoxy) is 3. The van der Waals surface area contributed by atoms with Crippen LogP contribution < -0.4 is 21.3 Å². The number of methoxy groups -OCH3 is 1. The Hall–Kier alpha value is -3.92. The Balaban J connectivity index is 2.30. The maximum atomic E-state index is 13.5. The Morgan fingerprint density at radius 2 is 1.68 bits per heavy atom. The van der Waals surface area contributed by atoms with Crippen LogP contribution >= 0.6 is 0 Å². The van der Waals surface area contributed by atoms with Gasteiger partial charge in [-0.25, -0.2) is 14.4 Å². The van der Waals surface area contributed by atoms with Crippen molar-refractivity contribution in [2.24, 2.45) is 17.8 Å². The monoisotopic (exact) mass is 642 g/mol. The number of hydrogen-bond acceptors (Lipinski definition) is 10. The Morgan fingerprint density at radius 1 is 1.02 bits per heavy atom. The molecule has 1 aliphatic rings. The van der Waals surface area contributed by atoms with E-state index < -0.39 is 75.5 Å². The maximum Gasteiger partial charge on any atom is 0.409 e. The van der Waals surface area contributed by atoms with Crippen LogP contribution in [0.4, 0.5) is 9.59 Å². The van der Waals surface area contributed by atoms with E-state index >= 15 is 0 Å². The number of esters is 1. The molecular weight excluding hydrogens is 600 g/mol. The molecule has 15 nitrogen and oxygen atoms in total. The molecule has 246 valence electrons. The topological polar surface area (TPSA) is 216 Å². The standard InChI is InChI=1S/C28H42N4O11S/c1-16(2)13-20(31-27(36)42-15-18-9-7-6-8-10-18)24(34)30-21(14-19-11-12-29-23(19)33)26(44(38,39)40)43-28(37)32-22(17(3)4)25(35)41-5/h6-10,16-17,19-22,26H,11-15H2,1-5H3,(H,29,33)(H,30,34)(H,31,36)(H,32,37)(H,38,39,40)/t19-,20-,21-,22?,26?/m0/s1. The normalized spacial score (nSPS) is 17.5. The van der Waals surface area contributed by atoms with E-state index in [1.165, 1.54) is 0 Å². The van der Waals surface area contributed by atoms with E-state index in [1.807, 2.05) is 0 Å². The van der Waals surface area contributed by atoms with Gasteiger partial charge in [-0.1, -0.05) is 58.0 Å². The number of carbonyl (C=O) groups is 5. The van der Waals surface area contributed by atoms with Crippen molar-refractivity contribution in [2.45, 2.75) is 77.1 Å². The summed E-state index contributed by atoms with van der Waals surface area (Å²) in [6.07, 6.45) is -2.26. The second-order valence-corrected chi connectivity index (χ2v) is 12.7. The molecule has 44 heavy (non-hydrogen) atoms. The van der Waals surface area contributed by atoms with Gasteiger partial charge in [0.05, 0.1) is 13.2 Å². The minimum absolute atomic E-state index is 0.0706. The quantitative estimate of drug-likeness (QED) is 0.105. The smallest absolute Gasteiger partial charge is 0.409 e. The zero-order chi connectivity index (χ0) is 33.0. The first-order valence-corrected chi connectivity index (χ1v) is 15.7. The highest BCUT2D eigenvalue weighted by Crippen LogP contribution is 2.22. The fourth-order valence-electron chi connectivity index (χ4n) is 4.55. The predicted octanol–water partition coefficient (Wildman–Crippen LogP) is 1.48. The van der Waals surface area contributed by atoms with Gasteiger partial charge in [-0.3, -0.25) is 14.1 Å². The van der Waals surface area contributed by atoms with Crippen LogP contribution in [0.15, 0.2) is 30.3 Å². The lowest BCUT2D eigenvalue weighted by Gasteiger charge is -2.30. The van der Waals surface area contributed by atoms with Crippen LogP contribution in [0, 0.1) is 17.8 Å². The largest absolute Gasteiger partial charge is 0.467 e. The SMILES string of the molecule is COC(=O)C(NC(=O)OC([C@H](C[C@@H]1CCNC1=O)NC(=O)[C@H](CC(C)C)NC(=O)OCc1ccccc1)S(=O)(=O)O)C(C)C. The van der Waals surface area contributed by atoms with Gasteiger partial charge in [0.25, 0.3) is 0 Å². The summed E-state index contributed by atoms with van der Waals surface area (Å²) in [7, 11) is -4.11. The van der Waals surface area contributed by atoms with E-state index in [4.69, 9.17) is 9.47 Å². The summed E-state index contributed by atoms with van der Waals surface area (Å²) >= 11 is 0. The van der Waals surface area contributed by atoms with E-state index in [9.17, 15) is 36.9 Å². The number of hydrogen-bond donors (Lipinski definition) is 5. The van der Waals surface area contributed by atoms with Crippen molar-refractivity contribution in [3.8, 4) is 0 Å². The second-order valence-electron chi connectivity index (χ2n) is 11.2. The third-order valence-electron chi connectivity index (χ3n) is 6.80. The number of nitrogens with one attached hydrogen (secondary N) is 4. The highest BCUT2D eigenvalue weighted by atomic mass is 32.2. The fourth-order valence-corrected chi connectivity index (χ4v) is 5.35. The zero-order valence-corrected chi connectivity index (χ0v) is 26.2. The third kappa shape index (κ3) is 11.6. The minimum atomic E-state index is -5.21. The average molecular weight is 643 g/mol. The van der Waals surface area contributed by atoms with Crippen LogP contribution in [-0.4, -0.2) is 80.2 Å². The molecule has 1 saturated heterocycles. The van der Waals surface area contributed by atoms with Gasteiger partial charge in [0.1, 0.15) is 18.7 Å². The van der Waals surface area contributed by atoms with Gasteiger partial charge in [0, 0.05) is 12.5 Å². The maximum absolute atomic E-state index is 13.5. The molecule has 2 rings (SSSR count). The van der Waals surface area contributed by atoms with Gasteiger partial charge in [-0.05, 0) is 36.7 Å². The number of rotatable bonds is 15. The lowest BCUT2D eigenvalue weighted by atomic mass is 9.97. The van der Waals surface area contributed by atoms with Crippen molar-refractivity contribution < 1.29 is 51.2 Å². The van der Waals surface area contributed by atoms with Crippen LogP contribution in [-0.2, 0) is 45.3 Å². The van der Waals surface area contributed by atoms with E-state index in [0.717, 1.165) is 7.11 Å². The van der Waals surface area contributed by atoms with Crippen LogP contribution in [0.2, 0.25) is 0 Å². The Bertz CT molecular complexity index is 1260. The van der Waals surface area contributed by atoms with Crippen molar-refractivity contribution in [3.63, 3.8) is 0 Å². The zero-order valence-electron chi connectivity index (χ0n) is 25.4. The average Bonchev–Trinajstić information content (AvgIpc) is 3.35. The number of carbonyl (C=O) groups excluding carboxylic acids is 5. The van der Waals surface area contributed by atoms with E-state index in [1.54, 1.807) is 58.0 Å². The highest BCUT2D eigenvalue weighted by molar-refractivity contribution is 7.86. The lowest BCUT2D eigenvalue weighted by Crippen LogP contribution is -2.56. The summed E-state index contributed by atoms with van der Waals surface area (Å²) in [6.45, 7) is 6.99. The molecule has 0 aromatic heterocycles. The van der Waals surface area contributed by atoms with E-state index in [-0.39, 0.29) is 31.8 Å². The van der Waals surface area contributed by atoms with Crippen LogP contribution in [0.5, 0.6) is 0 Å². The van der Waals surface area contributed by atoms with Crippen LogP contribution in [0.25, 0.3) is 0 Å². The van der Waals surface area contributed by atoms with Crippen molar-refractivity contribution in [3.05, 3.63) is 35.9 Å². The number of benzene rings is 1. The molecule has 0 saturated carbocycles. The summed E-state index contributed by atoms with van der Waals surface area (Å²) in [6, 6.07) is 4.75. The van der Waals surface area contributed by atoms with Gasteiger partial charge >= 0.3 is 28.3 Å². The van der Waals surface area contributed by atoms with Crippen molar-refractivity contribution in [1.29, 1.82) is 0 Å². The molecule has 1 aliphatic heterocycles. The Morgan fingerprint density at radius 3 is 2.20 bits per heavy atom. The molecule has 16 heteroatoms. The first-order valence-electron chi connectivity index (χ1n) is 14.2. The summed E-state index contributed by atoms with van der Waals surface area (Å²) in [4.78, 5) is 63.3. The molecule has 0 radical (unpaired) electrons. The minimum Gasteiger partial charge on any atom is -0.467 e. The van der Waals surface area contributed by atoms with Gasteiger partial charge in [-0.15, -0.1) is 0 Å². The summed E-state index contributed by atoms with van der Waals surface area (Å²) in [5.74, 6) is -3.51. The van der Waals surface area contributed by atoms with Gasteiger partial charge in [-0.2, -0.15) is 8.42 Å². The summed E-state index contributed by atoms with van der Waals surface area (Å²) in [5.41, 5.74) is -1.67. The number of alkyl carbamates (subject to hydrolysis) is 2. The second kappa shape index (κ2) is 16.8. The van der Waals surface area contributed by atoms with E-state index in [0.29, 0.717) is 12.1 Å². The molecule has 5 atom stereocenters. The lowest BCUT2D eigenvalue weighted by molar-refractivity contribution is -0.144.